The van der Waals surface area contributed by atoms with E-state index in [9.17, 15) is 13.2 Å². The predicted octanol–water partition coefficient (Wildman–Crippen LogP) is 4.33. The van der Waals surface area contributed by atoms with Crippen LogP contribution in [0.3, 0.4) is 0 Å². The molecule has 3 rings (SSSR count). The number of carbonyl (C=O) groups excluding carboxylic acids is 1. The van der Waals surface area contributed by atoms with Crippen LogP contribution in [0.1, 0.15) is 13.8 Å². The molecule has 3 aromatic rings. The first-order valence-electron chi connectivity index (χ1n) is 9.69. The summed E-state index contributed by atoms with van der Waals surface area (Å²) in [7, 11) is -0.867. The van der Waals surface area contributed by atoms with Gasteiger partial charge in [-0.3, -0.25) is 4.79 Å². The van der Waals surface area contributed by atoms with Gasteiger partial charge in [-0.25, -0.2) is 17.7 Å². The average Bonchev–Trinajstić information content (AvgIpc) is 3.04. The Morgan fingerprint density at radius 3 is 2.61 bits per heavy atom. The van der Waals surface area contributed by atoms with Gasteiger partial charge in [0.15, 0.2) is 5.16 Å². The van der Waals surface area contributed by atoms with Crippen LogP contribution in [-0.4, -0.2) is 48.0 Å². The minimum atomic E-state index is -3.72. The molecule has 0 bridgehead atoms. The van der Waals surface area contributed by atoms with E-state index in [-0.39, 0.29) is 21.6 Å². The van der Waals surface area contributed by atoms with Crippen molar-refractivity contribution >= 4 is 56.0 Å². The van der Waals surface area contributed by atoms with E-state index in [1.807, 2.05) is 24.3 Å². The Kier molecular flexibility index (Phi) is 7.31. The first kappa shape index (κ1) is 23.6. The van der Waals surface area contributed by atoms with Crippen molar-refractivity contribution in [2.45, 2.75) is 30.4 Å². The molecular weight excluding hydrogens is 456 g/mol. The van der Waals surface area contributed by atoms with Crippen molar-refractivity contribution in [3.63, 3.8) is 0 Å². The molecule has 10 heteroatoms. The number of hydrogen-bond donors (Lipinski definition) is 1. The topological polar surface area (TPSA) is 84.3 Å². The summed E-state index contributed by atoms with van der Waals surface area (Å²) in [5, 5.41) is 3.62. The maximum Gasteiger partial charge on any atom is 0.244 e. The average molecular weight is 481 g/mol. The van der Waals surface area contributed by atoms with Gasteiger partial charge in [0.2, 0.25) is 15.9 Å². The largest absolute Gasteiger partial charge is 0.325 e. The molecule has 0 radical (unpaired) electrons. The highest BCUT2D eigenvalue weighted by Crippen LogP contribution is 2.28. The second-order valence-corrected chi connectivity index (χ2v) is 11.1. The number of para-hydroxylation sites is 2. The second-order valence-electron chi connectivity index (χ2n) is 7.66. The Bertz CT molecular complexity index is 1210. The third-order valence-electron chi connectivity index (χ3n) is 4.47. The lowest BCUT2D eigenvalue weighted by Gasteiger charge is -2.14. The minimum absolute atomic E-state index is 0.0525. The van der Waals surface area contributed by atoms with Crippen LogP contribution in [0, 0.1) is 5.92 Å². The van der Waals surface area contributed by atoms with Gasteiger partial charge in [-0.15, -0.1) is 0 Å². The summed E-state index contributed by atoms with van der Waals surface area (Å²) >= 11 is 7.41. The van der Waals surface area contributed by atoms with Crippen molar-refractivity contribution < 1.29 is 13.2 Å². The minimum Gasteiger partial charge on any atom is -0.325 e. The summed E-state index contributed by atoms with van der Waals surface area (Å²) < 4.78 is 28.1. The van der Waals surface area contributed by atoms with E-state index >= 15 is 0 Å². The van der Waals surface area contributed by atoms with Gasteiger partial charge in [0.05, 0.1) is 21.8 Å². The van der Waals surface area contributed by atoms with E-state index in [0.717, 1.165) is 27.0 Å². The summed E-state index contributed by atoms with van der Waals surface area (Å²) in [6.07, 6.45) is 0. The zero-order chi connectivity index (χ0) is 22.8. The van der Waals surface area contributed by atoms with Crippen molar-refractivity contribution in [1.29, 1.82) is 0 Å². The van der Waals surface area contributed by atoms with E-state index < -0.39 is 10.0 Å². The molecule has 0 spiro atoms. The fraction of sp³-hybridized carbons (Fsp3) is 0.333. The number of carbonyl (C=O) groups is 1. The number of nitrogens with one attached hydrogen (secondary N) is 1. The molecule has 0 atom stereocenters. The number of aromatic nitrogens is 2. The number of nitrogens with zero attached hydrogens (tertiary/aromatic N) is 3. The zero-order valence-electron chi connectivity index (χ0n) is 17.8. The SMILES string of the molecule is CC(C)Cn1c(SCC(=O)Nc2ccc(Cl)c(S(=O)(=O)N(C)C)c2)nc2ccccc21. The molecule has 0 saturated carbocycles. The highest BCUT2D eigenvalue weighted by atomic mass is 35.5. The molecule has 0 saturated heterocycles. The Labute approximate surface area is 191 Å². The molecule has 0 aliphatic carbocycles. The number of rotatable bonds is 8. The maximum atomic E-state index is 12.6. The Morgan fingerprint density at radius 2 is 1.94 bits per heavy atom. The number of imidazole rings is 1. The molecule has 0 fully saturated rings. The number of benzene rings is 2. The molecule has 1 aromatic heterocycles. The number of amides is 1. The molecule has 1 heterocycles. The van der Waals surface area contributed by atoms with Gasteiger partial charge in [0.1, 0.15) is 4.90 Å². The molecule has 0 unspecified atom stereocenters. The molecule has 1 N–H and O–H groups in total. The molecule has 2 aromatic carbocycles. The maximum absolute atomic E-state index is 12.6. The number of anilines is 1. The van der Waals surface area contributed by atoms with Crippen molar-refractivity contribution in [2.75, 3.05) is 25.2 Å². The van der Waals surface area contributed by atoms with Gasteiger partial charge in [-0.2, -0.15) is 0 Å². The summed E-state index contributed by atoms with van der Waals surface area (Å²) in [6, 6.07) is 12.3. The third-order valence-corrected chi connectivity index (χ3v) is 7.75. The smallest absolute Gasteiger partial charge is 0.244 e. The van der Waals surface area contributed by atoms with Gasteiger partial charge in [-0.05, 0) is 36.2 Å². The van der Waals surface area contributed by atoms with Gasteiger partial charge >= 0.3 is 0 Å². The third kappa shape index (κ3) is 5.41. The predicted molar refractivity (Wildman–Crippen MR) is 126 cm³/mol. The van der Waals surface area contributed by atoms with E-state index in [2.05, 4.69) is 28.7 Å². The van der Waals surface area contributed by atoms with Crippen LogP contribution in [-0.2, 0) is 21.4 Å². The first-order valence-corrected chi connectivity index (χ1v) is 12.5. The van der Waals surface area contributed by atoms with Crippen LogP contribution in [0.5, 0.6) is 0 Å². The quantitative estimate of drug-likeness (QED) is 0.485. The van der Waals surface area contributed by atoms with Crippen molar-refractivity contribution in [3.05, 3.63) is 47.5 Å². The lowest BCUT2D eigenvalue weighted by atomic mass is 10.2. The molecule has 166 valence electrons. The normalized spacial score (nSPS) is 12.1. The van der Waals surface area contributed by atoms with Gasteiger partial charge in [0, 0.05) is 26.3 Å². The van der Waals surface area contributed by atoms with Crippen LogP contribution in [0.15, 0.2) is 52.5 Å². The molecule has 1 amide bonds. The van der Waals surface area contributed by atoms with Gasteiger partial charge in [-0.1, -0.05) is 49.3 Å². The van der Waals surface area contributed by atoms with Crippen LogP contribution >= 0.6 is 23.4 Å². The Balaban J connectivity index is 1.76. The lowest BCUT2D eigenvalue weighted by molar-refractivity contribution is -0.113. The molecule has 7 nitrogen and oxygen atoms in total. The van der Waals surface area contributed by atoms with Crippen molar-refractivity contribution in [2.24, 2.45) is 5.92 Å². The number of halogens is 1. The van der Waals surface area contributed by atoms with Crippen molar-refractivity contribution in [3.8, 4) is 0 Å². The lowest BCUT2D eigenvalue weighted by Crippen LogP contribution is -2.23. The van der Waals surface area contributed by atoms with Crippen molar-refractivity contribution in [1.82, 2.24) is 13.9 Å². The van der Waals surface area contributed by atoms with E-state index in [4.69, 9.17) is 11.6 Å². The van der Waals surface area contributed by atoms with Crippen LogP contribution in [0.25, 0.3) is 11.0 Å². The summed E-state index contributed by atoms with van der Waals surface area (Å²) in [5.74, 6) is 0.306. The molecule has 31 heavy (non-hydrogen) atoms. The first-order chi connectivity index (χ1) is 14.6. The van der Waals surface area contributed by atoms with E-state index in [1.54, 1.807) is 6.07 Å². The number of hydrogen-bond acceptors (Lipinski definition) is 5. The van der Waals surface area contributed by atoms with Crippen LogP contribution < -0.4 is 5.32 Å². The molecule has 0 aliphatic rings. The summed E-state index contributed by atoms with van der Waals surface area (Å²) in [4.78, 5) is 17.2. The summed E-state index contributed by atoms with van der Waals surface area (Å²) in [5.41, 5.74) is 2.30. The Morgan fingerprint density at radius 1 is 1.23 bits per heavy atom. The highest BCUT2D eigenvalue weighted by Gasteiger charge is 2.21. The number of thioether (sulfide) groups is 1. The van der Waals surface area contributed by atoms with Crippen LogP contribution in [0.4, 0.5) is 5.69 Å². The number of sulfonamides is 1. The van der Waals surface area contributed by atoms with Crippen LogP contribution in [0.2, 0.25) is 5.02 Å². The van der Waals surface area contributed by atoms with Gasteiger partial charge in [0.25, 0.3) is 0 Å². The molecule has 0 aliphatic heterocycles. The molecular formula is C21H25ClN4O3S2. The fourth-order valence-electron chi connectivity index (χ4n) is 3.01. The summed E-state index contributed by atoms with van der Waals surface area (Å²) in [6.45, 7) is 5.07. The standard InChI is InChI=1S/C21H25ClN4O3S2/c1-14(2)12-26-18-8-6-5-7-17(18)24-21(26)30-13-20(27)23-15-9-10-16(22)19(11-15)31(28,29)25(3)4/h5-11,14H,12-13H2,1-4H3,(H,23,27). The number of fused-ring (bicyclic) bond motifs is 1. The monoisotopic (exact) mass is 480 g/mol. The fourth-order valence-corrected chi connectivity index (χ4v) is 5.23. The van der Waals surface area contributed by atoms with Gasteiger partial charge < -0.3 is 9.88 Å². The Hall–Kier alpha value is -2.07. The second kappa shape index (κ2) is 9.60. The van der Waals surface area contributed by atoms with E-state index in [0.29, 0.717) is 11.6 Å². The zero-order valence-corrected chi connectivity index (χ0v) is 20.2. The van der Waals surface area contributed by atoms with E-state index in [1.165, 1.54) is 38.0 Å². The highest BCUT2D eigenvalue weighted by molar-refractivity contribution is 7.99.